The van der Waals surface area contributed by atoms with E-state index in [0.29, 0.717) is 44.4 Å². The molecule has 0 unspecified atom stereocenters. The van der Waals surface area contributed by atoms with E-state index in [9.17, 15) is 4.79 Å². The predicted molar refractivity (Wildman–Crippen MR) is 142 cm³/mol. The molecule has 4 rings (SSSR count). The van der Waals surface area contributed by atoms with Crippen LogP contribution in [0.3, 0.4) is 0 Å². The summed E-state index contributed by atoms with van der Waals surface area (Å²) in [4.78, 5) is 15.4. The number of benzene rings is 3. The zero-order valence-electron chi connectivity index (χ0n) is 21.5. The Morgan fingerprint density at radius 3 is 2.67 bits per heavy atom. The van der Waals surface area contributed by atoms with Gasteiger partial charge in [-0.15, -0.1) is 0 Å². The van der Waals surface area contributed by atoms with E-state index >= 15 is 0 Å². The molecule has 1 amide bonds. The van der Waals surface area contributed by atoms with Gasteiger partial charge in [0.1, 0.15) is 18.1 Å². The lowest BCUT2D eigenvalue weighted by Crippen LogP contribution is -2.33. The summed E-state index contributed by atoms with van der Waals surface area (Å²) in [5.41, 5.74) is 5.05. The molecule has 1 N–H and O–H groups in total. The number of hydrogen-bond acceptors (Lipinski definition) is 5. The summed E-state index contributed by atoms with van der Waals surface area (Å²) in [6.07, 6.45) is 0.683. The van der Waals surface area contributed by atoms with Gasteiger partial charge in [0.15, 0.2) is 0 Å². The molecule has 1 heterocycles. The van der Waals surface area contributed by atoms with E-state index in [1.165, 1.54) is 11.1 Å². The van der Waals surface area contributed by atoms with Crippen LogP contribution in [0, 0.1) is 0 Å². The molecule has 6 nitrogen and oxygen atoms in total. The van der Waals surface area contributed by atoms with Gasteiger partial charge >= 0.3 is 0 Å². The Kier molecular flexibility index (Phi) is 8.98. The van der Waals surface area contributed by atoms with Crippen LogP contribution >= 0.6 is 0 Å². The molecule has 0 saturated carbocycles. The molecule has 0 radical (unpaired) electrons. The fraction of sp³-hybridized carbons (Fsp3) is 0.367. The van der Waals surface area contributed by atoms with Gasteiger partial charge in [0.05, 0.1) is 20.3 Å². The van der Waals surface area contributed by atoms with Crippen LogP contribution in [0.4, 0.5) is 0 Å². The topological polar surface area (TPSA) is 60.0 Å². The van der Waals surface area contributed by atoms with Crippen LogP contribution in [0.1, 0.15) is 46.5 Å². The predicted octanol–water partition coefficient (Wildman–Crippen LogP) is 4.84. The molecule has 3 aromatic rings. The van der Waals surface area contributed by atoms with Gasteiger partial charge in [-0.1, -0.05) is 36.4 Å². The number of fused-ring (bicyclic) bond motifs is 3. The highest BCUT2D eigenvalue weighted by Crippen LogP contribution is 2.25. The maximum atomic E-state index is 13.0. The van der Waals surface area contributed by atoms with Gasteiger partial charge < -0.3 is 19.5 Å². The van der Waals surface area contributed by atoms with Gasteiger partial charge in [0.2, 0.25) is 0 Å². The van der Waals surface area contributed by atoms with E-state index < -0.39 is 0 Å². The monoisotopic (exact) mass is 488 g/mol. The fourth-order valence-corrected chi connectivity index (χ4v) is 4.37. The third-order valence-electron chi connectivity index (χ3n) is 6.42. The van der Waals surface area contributed by atoms with Gasteiger partial charge in [-0.3, -0.25) is 9.69 Å². The summed E-state index contributed by atoms with van der Waals surface area (Å²) in [7, 11) is 1.64. The second kappa shape index (κ2) is 12.6. The van der Waals surface area contributed by atoms with Crippen LogP contribution in [0.2, 0.25) is 0 Å². The normalized spacial score (nSPS) is 14.9. The van der Waals surface area contributed by atoms with Crippen molar-refractivity contribution < 1.29 is 19.0 Å². The Balaban J connectivity index is 1.54. The fourth-order valence-electron chi connectivity index (χ4n) is 4.37. The van der Waals surface area contributed by atoms with Gasteiger partial charge in [-0.05, 0) is 66.4 Å². The van der Waals surface area contributed by atoms with Crippen molar-refractivity contribution in [1.29, 1.82) is 0 Å². The van der Waals surface area contributed by atoms with Crippen molar-refractivity contribution in [2.45, 2.75) is 39.4 Å². The quantitative estimate of drug-likeness (QED) is 0.557. The van der Waals surface area contributed by atoms with Crippen LogP contribution < -0.4 is 14.8 Å². The van der Waals surface area contributed by atoms with Crippen molar-refractivity contribution in [2.75, 3.05) is 33.5 Å². The maximum absolute atomic E-state index is 13.0. The number of hydrogen-bond donors (Lipinski definition) is 1. The van der Waals surface area contributed by atoms with E-state index in [4.69, 9.17) is 14.2 Å². The first kappa shape index (κ1) is 25.7. The first-order valence-corrected chi connectivity index (χ1v) is 12.6. The Labute approximate surface area is 214 Å². The lowest BCUT2D eigenvalue weighted by atomic mass is 9.99. The van der Waals surface area contributed by atoms with Crippen LogP contribution in [0.25, 0.3) is 0 Å². The summed E-state index contributed by atoms with van der Waals surface area (Å²) in [5.74, 6) is 1.44. The molecular weight excluding hydrogens is 452 g/mol. The maximum Gasteiger partial charge on any atom is 0.251 e. The van der Waals surface area contributed by atoms with Crippen molar-refractivity contribution in [3.05, 3.63) is 94.5 Å². The second-order valence-corrected chi connectivity index (χ2v) is 9.38. The summed E-state index contributed by atoms with van der Waals surface area (Å²) in [6.45, 7) is 8.28. The molecule has 6 heteroatoms. The average Bonchev–Trinajstić information content (AvgIpc) is 2.89. The van der Waals surface area contributed by atoms with E-state index in [1.54, 1.807) is 7.11 Å². The molecule has 0 aromatic heterocycles. The average molecular weight is 489 g/mol. The number of rotatable bonds is 5. The SMILES string of the molecule is COc1cccc(CNC(=O)c2ccc3c(c2)Cc2cccc(c2)CN(C(C)C)CCOCCO3)c1. The van der Waals surface area contributed by atoms with E-state index in [2.05, 4.69) is 48.3 Å². The lowest BCUT2D eigenvalue weighted by Gasteiger charge is -2.27. The number of carbonyl (C=O) groups excluding carboxylic acids is 1. The Morgan fingerprint density at radius 2 is 1.83 bits per heavy atom. The molecule has 3 aromatic carbocycles. The summed E-state index contributed by atoms with van der Waals surface area (Å²) in [5, 5.41) is 3.02. The second-order valence-electron chi connectivity index (χ2n) is 9.38. The third-order valence-corrected chi connectivity index (χ3v) is 6.42. The van der Waals surface area contributed by atoms with Crippen molar-refractivity contribution in [3.8, 4) is 11.5 Å². The van der Waals surface area contributed by atoms with Crippen LogP contribution in [-0.2, 0) is 24.2 Å². The summed E-state index contributed by atoms with van der Waals surface area (Å²) < 4.78 is 17.2. The van der Waals surface area contributed by atoms with Crippen molar-refractivity contribution >= 4 is 5.91 Å². The summed E-state index contributed by atoms with van der Waals surface area (Å²) >= 11 is 0. The molecule has 0 aliphatic carbocycles. The molecule has 0 atom stereocenters. The smallest absolute Gasteiger partial charge is 0.251 e. The zero-order valence-corrected chi connectivity index (χ0v) is 21.5. The van der Waals surface area contributed by atoms with E-state index in [1.807, 2.05) is 42.5 Å². The lowest BCUT2D eigenvalue weighted by molar-refractivity contribution is 0.0695. The van der Waals surface area contributed by atoms with Crippen LogP contribution in [-0.4, -0.2) is 50.3 Å². The molecule has 1 aliphatic rings. The Morgan fingerprint density at radius 1 is 1.00 bits per heavy atom. The van der Waals surface area contributed by atoms with Crippen molar-refractivity contribution in [2.24, 2.45) is 0 Å². The van der Waals surface area contributed by atoms with Crippen LogP contribution in [0.5, 0.6) is 11.5 Å². The molecule has 1 aliphatic heterocycles. The molecule has 36 heavy (non-hydrogen) atoms. The largest absolute Gasteiger partial charge is 0.497 e. The van der Waals surface area contributed by atoms with Crippen LogP contribution in [0.15, 0.2) is 66.7 Å². The van der Waals surface area contributed by atoms with Gasteiger partial charge in [0, 0.05) is 37.7 Å². The highest BCUT2D eigenvalue weighted by Gasteiger charge is 2.14. The molecule has 0 saturated heterocycles. The highest BCUT2D eigenvalue weighted by atomic mass is 16.5. The van der Waals surface area contributed by atoms with Crippen molar-refractivity contribution in [1.82, 2.24) is 10.2 Å². The minimum Gasteiger partial charge on any atom is -0.497 e. The number of methoxy groups -OCH3 is 1. The number of nitrogens with one attached hydrogen (secondary N) is 1. The minimum atomic E-state index is -0.121. The Hall–Kier alpha value is -3.35. The number of amides is 1. The highest BCUT2D eigenvalue weighted by molar-refractivity contribution is 5.94. The van der Waals surface area contributed by atoms with Gasteiger partial charge in [0.25, 0.3) is 5.91 Å². The van der Waals surface area contributed by atoms with Crippen molar-refractivity contribution in [3.63, 3.8) is 0 Å². The zero-order chi connectivity index (χ0) is 25.3. The number of ether oxygens (including phenoxy) is 3. The summed E-state index contributed by atoms with van der Waals surface area (Å²) in [6, 6.07) is 22.5. The Bertz CT molecular complexity index is 1160. The molecule has 190 valence electrons. The number of nitrogens with zero attached hydrogens (tertiary/aromatic N) is 1. The molecular formula is C30H36N2O4. The standard InChI is InChI=1S/C30H36N2O4/c1-22(2)32-12-13-35-14-15-36-29-11-10-26(19-27(29)17-23-6-4-8-25(16-23)21-32)30(33)31-20-24-7-5-9-28(18-24)34-3/h4-11,16,18-19,22H,12-15,17,20-21H2,1-3H3,(H,31,33). The molecule has 2 bridgehead atoms. The molecule has 0 fully saturated rings. The first-order valence-electron chi connectivity index (χ1n) is 12.6. The van der Waals surface area contributed by atoms with E-state index in [0.717, 1.165) is 35.7 Å². The molecule has 0 spiro atoms. The third kappa shape index (κ3) is 7.09. The van der Waals surface area contributed by atoms with Gasteiger partial charge in [-0.25, -0.2) is 0 Å². The van der Waals surface area contributed by atoms with E-state index in [-0.39, 0.29) is 5.91 Å². The number of carbonyl (C=O) groups is 1. The minimum absolute atomic E-state index is 0.121. The first-order chi connectivity index (χ1) is 17.5. The van der Waals surface area contributed by atoms with Gasteiger partial charge in [-0.2, -0.15) is 0 Å².